The van der Waals surface area contributed by atoms with Crippen LogP contribution in [0.25, 0.3) is 11.6 Å². The van der Waals surface area contributed by atoms with Gasteiger partial charge in [0.05, 0.1) is 41.1 Å². The molecule has 1 fully saturated rings. The number of benzene rings is 2. The topological polar surface area (TPSA) is 77.5 Å². The molecule has 166 valence electrons. The van der Waals surface area contributed by atoms with Crippen molar-refractivity contribution in [2.75, 3.05) is 41.6 Å². The Labute approximate surface area is 182 Å². The van der Waals surface area contributed by atoms with E-state index in [9.17, 15) is 9.90 Å². The largest absolute Gasteiger partial charge is 0.493 e. The van der Waals surface area contributed by atoms with E-state index in [2.05, 4.69) is 0 Å². The van der Waals surface area contributed by atoms with Crippen molar-refractivity contribution < 1.29 is 28.8 Å². The number of amides is 1. The van der Waals surface area contributed by atoms with Crippen LogP contribution in [-0.4, -0.2) is 63.5 Å². The van der Waals surface area contributed by atoms with Crippen LogP contribution in [0.3, 0.4) is 0 Å². The van der Waals surface area contributed by atoms with E-state index in [1.165, 1.54) is 0 Å². The first-order valence-electron chi connectivity index (χ1n) is 10.1. The van der Waals surface area contributed by atoms with Gasteiger partial charge in [-0.05, 0) is 54.3 Å². The maximum absolute atomic E-state index is 13.6. The van der Waals surface area contributed by atoms with E-state index in [-0.39, 0.29) is 18.6 Å². The van der Waals surface area contributed by atoms with Crippen LogP contribution in [0, 0.1) is 0 Å². The van der Waals surface area contributed by atoms with Gasteiger partial charge in [-0.2, -0.15) is 0 Å². The maximum Gasteiger partial charge on any atom is 0.254 e. The third-order valence-electron chi connectivity index (χ3n) is 5.49. The first kappa shape index (κ1) is 22.5. The predicted octanol–water partition coefficient (Wildman–Crippen LogP) is 3.24. The second kappa shape index (κ2) is 10.2. The van der Waals surface area contributed by atoms with Crippen LogP contribution in [0.15, 0.2) is 36.4 Å². The van der Waals surface area contributed by atoms with Crippen LogP contribution in [-0.2, 0) is 4.79 Å². The maximum atomic E-state index is 13.6. The summed E-state index contributed by atoms with van der Waals surface area (Å²) < 4.78 is 21.5. The molecule has 2 aromatic carbocycles. The number of likely N-dealkylation sites (tertiary alicyclic amines) is 1. The summed E-state index contributed by atoms with van der Waals surface area (Å²) in [4.78, 5) is 15.3. The number of aliphatic hydroxyl groups excluding tert-OH is 1. The first-order chi connectivity index (χ1) is 15.1. The molecule has 0 spiro atoms. The number of carbonyl (C=O) groups is 1. The van der Waals surface area contributed by atoms with Crippen molar-refractivity contribution in [2.45, 2.75) is 18.9 Å². The molecule has 7 nitrogen and oxygen atoms in total. The Balaban J connectivity index is 2.10. The Hall–Kier alpha value is -3.19. The van der Waals surface area contributed by atoms with Crippen LogP contribution >= 0.6 is 0 Å². The van der Waals surface area contributed by atoms with Crippen molar-refractivity contribution in [3.05, 3.63) is 47.5 Å². The zero-order valence-corrected chi connectivity index (χ0v) is 18.4. The number of methoxy groups -OCH3 is 4. The Bertz CT molecular complexity index is 955. The first-order valence-corrected chi connectivity index (χ1v) is 10.1. The third-order valence-corrected chi connectivity index (χ3v) is 5.49. The van der Waals surface area contributed by atoms with Gasteiger partial charge in [0.15, 0.2) is 23.0 Å². The van der Waals surface area contributed by atoms with Crippen molar-refractivity contribution in [1.29, 1.82) is 0 Å². The monoisotopic (exact) mass is 427 g/mol. The van der Waals surface area contributed by atoms with Crippen LogP contribution in [0.4, 0.5) is 0 Å². The Kier molecular flexibility index (Phi) is 7.41. The molecule has 0 aromatic heterocycles. The Morgan fingerprint density at radius 3 is 2.19 bits per heavy atom. The lowest BCUT2D eigenvalue weighted by molar-refractivity contribution is -0.126. The van der Waals surface area contributed by atoms with E-state index >= 15 is 0 Å². The summed E-state index contributed by atoms with van der Waals surface area (Å²) in [6.07, 6.45) is 3.47. The molecule has 0 radical (unpaired) electrons. The van der Waals surface area contributed by atoms with Crippen LogP contribution in [0.2, 0.25) is 0 Å². The fourth-order valence-electron chi connectivity index (χ4n) is 3.83. The van der Waals surface area contributed by atoms with Gasteiger partial charge in [0, 0.05) is 12.1 Å². The van der Waals surface area contributed by atoms with E-state index in [1.807, 2.05) is 24.3 Å². The summed E-state index contributed by atoms with van der Waals surface area (Å²) in [7, 11) is 6.28. The van der Waals surface area contributed by atoms with Gasteiger partial charge in [-0.1, -0.05) is 12.1 Å². The van der Waals surface area contributed by atoms with Crippen molar-refractivity contribution in [3.63, 3.8) is 0 Å². The molecule has 1 aliphatic heterocycles. The van der Waals surface area contributed by atoms with Gasteiger partial charge < -0.3 is 29.0 Å². The van der Waals surface area contributed by atoms with Gasteiger partial charge >= 0.3 is 0 Å². The SMILES string of the molecule is COc1ccc(/C=C(/C(=O)N2CCC[C@H]2CO)c2ccc(OC)c(OC)c2)cc1OC. The molecular formula is C24H29NO6. The molecule has 1 N–H and O–H groups in total. The van der Waals surface area contributed by atoms with Crippen molar-refractivity contribution >= 4 is 17.6 Å². The number of rotatable bonds is 8. The number of carbonyl (C=O) groups excluding carboxylic acids is 1. The van der Waals surface area contributed by atoms with E-state index in [4.69, 9.17) is 18.9 Å². The predicted molar refractivity (Wildman–Crippen MR) is 119 cm³/mol. The van der Waals surface area contributed by atoms with Gasteiger partial charge in [-0.25, -0.2) is 0 Å². The van der Waals surface area contributed by atoms with Gasteiger partial charge in [0.1, 0.15) is 0 Å². The van der Waals surface area contributed by atoms with Crippen molar-refractivity contribution in [3.8, 4) is 23.0 Å². The molecule has 0 saturated carbocycles. The molecule has 2 aromatic rings. The molecule has 1 heterocycles. The normalized spacial score (nSPS) is 16.2. The van der Waals surface area contributed by atoms with Gasteiger partial charge in [0.25, 0.3) is 5.91 Å². The minimum absolute atomic E-state index is 0.0543. The van der Waals surface area contributed by atoms with Crippen molar-refractivity contribution in [1.82, 2.24) is 4.90 Å². The Morgan fingerprint density at radius 2 is 1.58 bits per heavy atom. The number of nitrogens with zero attached hydrogens (tertiary/aromatic N) is 1. The molecular weight excluding hydrogens is 398 g/mol. The lowest BCUT2D eigenvalue weighted by Crippen LogP contribution is -2.38. The zero-order chi connectivity index (χ0) is 22.4. The van der Waals surface area contributed by atoms with Gasteiger partial charge in [0.2, 0.25) is 0 Å². The standard InChI is InChI=1S/C24H29NO6/c1-28-20-9-7-16(13-22(20)30-3)12-19(24(27)25-11-5-6-18(25)15-26)17-8-10-21(29-2)23(14-17)31-4/h7-10,12-14,18,26H,5-6,11,15H2,1-4H3/b19-12+/t18-/m0/s1. The number of hydrogen-bond donors (Lipinski definition) is 1. The summed E-state index contributed by atoms with van der Waals surface area (Å²) in [6, 6.07) is 10.7. The zero-order valence-electron chi connectivity index (χ0n) is 18.4. The summed E-state index contributed by atoms with van der Waals surface area (Å²) in [5.41, 5.74) is 1.98. The van der Waals surface area contributed by atoms with Crippen LogP contribution in [0.1, 0.15) is 24.0 Å². The molecule has 3 rings (SSSR count). The molecule has 0 bridgehead atoms. The number of ether oxygens (including phenoxy) is 4. The minimum Gasteiger partial charge on any atom is -0.493 e. The lowest BCUT2D eigenvalue weighted by atomic mass is 10.00. The highest BCUT2D eigenvalue weighted by Gasteiger charge is 2.30. The van der Waals surface area contributed by atoms with E-state index in [0.717, 1.165) is 18.4 Å². The molecule has 31 heavy (non-hydrogen) atoms. The minimum atomic E-state index is -0.179. The third kappa shape index (κ3) is 4.77. The second-order valence-electron chi connectivity index (χ2n) is 7.22. The molecule has 1 aliphatic rings. The molecule has 1 amide bonds. The quantitative estimate of drug-likeness (QED) is 0.515. The fraction of sp³-hybridized carbons (Fsp3) is 0.375. The average Bonchev–Trinajstić information content (AvgIpc) is 3.30. The number of aliphatic hydroxyl groups is 1. The number of hydrogen-bond acceptors (Lipinski definition) is 6. The Morgan fingerprint density at radius 1 is 0.968 bits per heavy atom. The van der Waals surface area contributed by atoms with Gasteiger partial charge in [-0.15, -0.1) is 0 Å². The van der Waals surface area contributed by atoms with E-state index in [1.54, 1.807) is 51.5 Å². The molecule has 7 heteroatoms. The van der Waals surface area contributed by atoms with E-state index < -0.39 is 0 Å². The highest BCUT2D eigenvalue weighted by molar-refractivity contribution is 6.24. The molecule has 0 unspecified atom stereocenters. The second-order valence-corrected chi connectivity index (χ2v) is 7.22. The highest BCUT2D eigenvalue weighted by Crippen LogP contribution is 2.34. The molecule has 1 saturated heterocycles. The van der Waals surface area contributed by atoms with Crippen LogP contribution in [0.5, 0.6) is 23.0 Å². The van der Waals surface area contributed by atoms with Crippen molar-refractivity contribution in [2.24, 2.45) is 0 Å². The smallest absolute Gasteiger partial charge is 0.254 e. The molecule has 1 atom stereocenters. The highest BCUT2D eigenvalue weighted by atomic mass is 16.5. The summed E-state index contributed by atoms with van der Waals surface area (Å²) in [6.45, 7) is 0.557. The summed E-state index contributed by atoms with van der Waals surface area (Å²) >= 11 is 0. The van der Waals surface area contributed by atoms with Gasteiger partial charge in [-0.3, -0.25) is 4.79 Å². The molecule has 0 aliphatic carbocycles. The summed E-state index contributed by atoms with van der Waals surface area (Å²) in [5, 5.41) is 9.72. The van der Waals surface area contributed by atoms with E-state index in [0.29, 0.717) is 40.7 Å². The lowest BCUT2D eigenvalue weighted by Gasteiger charge is -2.25. The average molecular weight is 427 g/mol. The fourth-order valence-corrected chi connectivity index (χ4v) is 3.83. The van der Waals surface area contributed by atoms with Crippen LogP contribution < -0.4 is 18.9 Å². The summed E-state index contributed by atoms with van der Waals surface area (Å²) in [5.74, 6) is 2.16.